The molecular weight excluding hydrogens is 503 g/mol. The van der Waals surface area contributed by atoms with Crippen LogP contribution >= 0.6 is 11.6 Å². The molecule has 1 aliphatic carbocycles. The maximum atomic E-state index is 13.6. The molecule has 0 atom stereocenters. The highest BCUT2D eigenvalue weighted by Crippen LogP contribution is 2.28. The number of hydrogen-bond donors (Lipinski definition) is 2. The molecule has 0 radical (unpaired) electrons. The number of rotatable bonds is 9. The van der Waals surface area contributed by atoms with E-state index in [9.17, 15) is 14.0 Å². The number of para-hydroxylation sites is 1. The highest BCUT2D eigenvalue weighted by atomic mass is 35.5. The Morgan fingerprint density at radius 2 is 1.84 bits per heavy atom. The lowest BCUT2D eigenvalue weighted by molar-refractivity contribution is -0.132. The predicted octanol–water partition coefficient (Wildman–Crippen LogP) is 6.54. The van der Waals surface area contributed by atoms with E-state index in [0.717, 1.165) is 40.4 Å². The van der Waals surface area contributed by atoms with E-state index in [2.05, 4.69) is 16.4 Å². The van der Waals surface area contributed by atoms with Crippen molar-refractivity contribution in [2.75, 3.05) is 18.4 Å². The Hall–Kier alpha value is -3.84. The number of aromatic nitrogens is 1. The first-order chi connectivity index (χ1) is 18.4. The van der Waals surface area contributed by atoms with Crippen LogP contribution in [0.5, 0.6) is 0 Å². The SMILES string of the molecule is Cc1ccc(NC(=O)N(CC(=O)N(CCc2c[nH]c3ccccc23)Cc2ccc(F)cc2)C2CC2)cc1Cl. The molecule has 1 aliphatic rings. The first-order valence-electron chi connectivity index (χ1n) is 12.8. The number of H-pyrrole nitrogens is 1. The highest BCUT2D eigenvalue weighted by molar-refractivity contribution is 6.31. The lowest BCUT2D eigenvalue weighted by atomic mass is 10.1. The molecule has 4 aromatic rings. The minimum absolute atomic E-state index is 0.0289. The summed E-state index contributed by atoms with van der Waals surface area (Å²) in [6.07, 6.45) is 4.35. The van der Waals surface area contributed by atoms with Gasteiger partial charge in [-0.3, -0.25) is 4.79 Å². The summed E-state index contributed by atoms with van der Waals surface area (Å²) in [5.41, 5.74) is 4.50. The van der Waals surface area contributed by atoms with Crippen molar-refractivity contribution in [3.8, 4) is 0 Å². The van der Waals surface area contributed by atoms with E-state index in [0.29, 0.717) is 30.2 Å². The van der Waals surface area contributed by atoms with Crippen LogP contribution in [0.3, 0.4) is 0 Å². The largest absolute Gasteiger partial charge is 0.361 e. The minimum atomic E-state index is -0.321. The second kappa shape index (κ2) is 11.3. The first kappa shape index (κ1) is 25.8. The smallest absolute Gasteiger partial charge is 0.322 e. The number of halogens is 2. The predicted molar refractivity (Wildman–Crippen MR) is 149 cm³/mol. The molecule has 0 saturated heterocycles. The van der Waals surface area contributed by atoms with Crippen molar-refractivity contribution in [2.45, 2.75) is 38.8 Å². The van der Waals surface area contributed by atoms with Gasteiger partial charge in [-0.2, -0.15) is 0 Å². The fraction of sp³-hybridized carbons (Fsp3) is 0.267. The van der Waals surface area contributed by atoms with E-state index in [1.165, 1.54) is 12.1 Å². The maximum absolute atomic E-state index is 13.6. The van der Waals surface area contributed by atoms with Gasteiger partial charge < -0.3 is 20.1 Å². The first-order valence-corrected chi connectivity index (χ1v) is 13.2. The number of hydrogen-bond acceptors (Lipinski definition) is 2. The average molecular weight is 533 g/mol. The van der Waals surface area contributed by atoms with Crippen LogP contribution in [0.1, 0.15) is 29.5 Å². The number of carbonyl (C=O) groups excluding carboxylic acids is 2. The van der Waals surface area contributed by atoms with Crippen LogP contribution in [0.4, 0.5) is 14.9 Å². The number of aryl methyl sites for hydroxylation is 1. The monoisotopic (exact) mass is 532 g/mol. The van der Waals surface area contributed by atoms with Crippen LogP contribution in [0.2, 0.25) is 5.02 Å². The molecule has 1 aromatic heterocycles. The summed E-state index contributed by atoms with van der Waals surface area (Å²) in [5, 5.41) is 4.58. The molecule has 2 N–H and O–H groups in total. The van der Waals surface area contributed by atoms with Crippen LogP contribution in [0.25, 0.3) is 10.9 Å². The molecule has 0 unspecified atom stereocenters. The Kier molecular flexibility index (Phi) is 7.65. The maximum Gasteiger partial charge on any atom is 0.322 e. The van der Waals surface area contributed by atoms with Crippen molar-refractivity contribution >= 4 is 40.1 Å². The second-order valence-electron chi connectivity index (χ2n) is 9.80. The summed E-state index contributed by atoms with van der Waals surface area (Å²) < 4.78 is 13.5. The molecule has 1 saturated carbocycles. The van der Waals surface area contributed by atoms with E-state index in [4.69, 9.17) is 11.6 Å². The molecule has 0 aliphatic heterocycles. The standard InChI is InChI=1S/C30H30ClFN4O2/c1-20-6-11-24(16-27(20)31)34-30(38)36(25-12-13-25)19-29(37)35(18-21-7-9-23(32)10-8-21)15-14-22-17-33-28-5-3-2-4-26(22)28/h2-11,16-17,25,33H,12-15,18-19H2,1H3,(H,34,38). The van der Waals surface area contributed by atoms with Crippen molar-refractivity contribution in [2.24, 2.45) is 0 Å². The Morgan fingerprint density at radius 1 is 1.08 bits per heavy atom. The Bertz CT molecular complexity index is 1450. The Labute approximate surface area is 226 Å². The Balaban J connectivity index is 1.32. The van der Waals surface area contributed by atoms with Gasteiger partial charge in [-0.05, 0) is 73.2 Å². The van der Waals surface area contributed by atoms with Gasteiger partial charge in [0.1, 0.15) is 12.4 Å². The fourth-order valence-corrected chi connectivity index (χ4v) is 4.74. The van der Waals surface area contributed by atoms with E-state index >= 15 is 0 Å². The number of amides is 3. The van der Waals surface area contributed by atoms with E-state index < -0.39 is 0 Å². The molecule has 0 spiro atoms. The minimum Gasteiger partial charge on any atom is -0.361 e. The number of benzene rings is 3. The summed E-state index contributed by atoms with van der Waals surface area (Å²) >= 11 is 6.23. The van der Waals surface area contributed by atoms with Crippen LogP contribution < -0.4 is 5.32 Å². The number of carbonyl (C=O) groups is 2. The van der Waals surface area contributed by atoms with Crippen LogP contribution in [0.15, 0.2) is 72.9 Å². The summed E-state index contributed by atoms with van der Waals surface area (Å²) in [6, 6.07) is 19.3. The van der Waals surface area contributed by atoms with Crippen molar-refractivity contribution in [1.29, 1.82) is 0 Å². The zero-order valence-corrected chi connectivity index (χ0v) is 22.0. The molecule has 1 fully saturated rings. The highest BCUT2D eigenvalue weighted by Gasteiger charge is 2.35. The van der Waals surface area contributed by atoms with Crippen LogP contribution in [-0.2, 0) is 17.8 Å². The van der Waals surface area contributed by atoms with Crippen molar-refractivity contribution in [1.82, 2.24) is 14.8 Å². The van der Waals surface area contributed by atoms with Crippen LogP contribution in [0, 0.1) is 12.7 Å². The number of nitrogens with zero attached hydrogens (tertiary/aromatic N) is 2. The third kappa shape index (κ3) is 6.17. The number of anilines is 1. The topological polar surface area (TPSA) is 68.4 Å². The van der Waals surface area contributed by atoms with Gasteiger partial charge in [0.2, 0.25) is 5.91 Å². The average Bonchev–Trinajstić information content (AvgIpc) is 3.67. The molecular formula is C30H30ClFN4O2. The molecule has 0 bridgehead atoms. The van der Waals surface area contributed by atoms with Gasteiger partial charge in [-0.15, -0.1) is 0 Å². The number of aromatic amines is 1. The Morgan fingerprint density at radius 3 is 2.58 bits per heavy atom. The third-order valence-electron chi connectivity index (χ3n) is 6.94. The van der Waals surface area contributed by atoms with Gasteiger partial charge in [-0.25, -0.2) is 9.18 Å². The summed E-state index contributed by atoms with van der Waals surface area (Å²) in [6.45, 7) is 2.65. The molecule has 3 aromatic carbocycles. The number of urea groups is 1. The van der Waals surface area contributed by atoms with Gasteiger partial charge in [0.05, 0.1) is 0 Å². The molecule has 5 rings (SSSR count). The van der Waals surface area contributed by atoms with E-state index in [-0.39, 0.29) is 30.3 Å². The third-order valence-corrected chi connectivity index (χ3v) is 7.35. The number of nitrogens with one attached hydrogen (secondary N) is 2. The normalized spacial score (nSPS) is 12.9. The molecule has 6 nitrogen and oxygen atoms in total. The van der Waals surface area contributed by atoms with Gasteiger partial charge in [0, 0.05) is 46.9 Å². The molecule has 8 heteroatoms. The van der Waals surface area contributed by atoms with Crippen molar-refractivity contribution < 1.29 is 14.0 Å². The van der Waals surface area contributed by atoms with Crippen LogP contribution in [-0.4, -0.2) is 45.9 Å². The summed E-state index contributed by atoms with van der Waals surface area (Å²) in [7, 11) is 0. The van der Waals surface area contributed by atoms with Crippen molar-refractivity contribution in [3.05, 3.63) is 100 Å². The molecule has 38 heavy (non-hydrogen) atoms. The molecule has 1 heterocycles. The van der Waals surface area contributed by atoms with Gasteiger partial charge in [0.25, 0.3) is 0 Å². The van der Waals surface area contributed by atoms with Crippen molar-refractivity contribution in [3.63, 3.8) is 0 Å². The van der Waals surface area contributed by atoms with E-state index in [1.807, 2.05) is 37.4 Å². The van der Waals surface area contributed by atoms with Gasteiger partial charge in [0.15, 0.2) is 0 Å². The van der Waals surface area contributed by atoms with Gasteiger partial charge >= 0.3 is 6.03 Å². The fourth-order valence-electron chi connectivity index (χ4n) is 4.56. The summed E-state index contributed by atoms with van der Waals surface area (Å²) in [4.78, 5) is 33.5. The zero-order chi connectivity index (χ0) is 26.6. The lowest BCUT2D eigenvalue weighted by Gasteiger charge is -2.28. The molecule has 3 amide bonds. The quantitative estimate of drug-likeness (QED) is 0.257. The lowest BCUT2D eigenvalue weighted by Crippen LogP contribution is -2.45. The van der Waals surface area contributed by atoms with E-state index in [1.54, 1.807) is 34.1 Å². The summed E-state index contributed by atoms with van der Waals surface area (Å²) in [5.74, 6) is -0.476. The molecule has 196 valence electrons. The zero-order valence-electron chi connectivity index (χ0n) is 21.2. The number of fused-ring (bicyclic) bond motifs is 1. The second-order valence-corrected chi connectivity index (χ2v) is 10.2. The van der Waals surface area contributed by atoms with Gasteiger partial charge in [-0.1, -0.05) is 48.0 Å².